The van der Waals surface area contributed by atoms with Gasteiger partial charge in [0.05, 0.1) is 22.0 Å². The fourth-order valence-electron chi connectivity index (χ4n) is 2.17. The minimum atomic E-state index is -4.53. The third-order valence-corrected chi connectivity index (χ3v) is 6.66. The second-order valence-electron chi connectivity index (χ2n) is 5.14. The molecule has 1 atom stereocenters. The van der Waals surface area contributed by atoms with Gasteiger partial charge in [-0.3, -0.25) is 0 Å². The fourth-order valence-corrected chi connectivity index (χ4v) is 5.15. The Morgan fingerprint density at radius 2 is 1.77 bits per heavy atom. The third-order valence-electron chi connectivity index (χ3n) is 3.38. The molecule has 0 bridgehead atoms. The van der Waals surface area contributed by atoms with E-state index in [-0.39, 0.29) is 28.9 Å². The number of rotatable bonds is 4. The smallest absolute Gasteiger partial charge is 0.229 e. The normalized spacial score (nSPS) is 21.9. The van der Waals surface area contributed by atoms with Gasteiger partial charge in [-0.1, -0.05) is 0 Å². The lowest BCUT2D eigenvalue weighted by molar-refractivity contribution is -0.137. The molecule has 1 N–H and O–H groups in total. The van der Waals surface area contributed by atoms with Gasteiger partial charge in [0, 0.05) is 6.54 Å². The highest BCUT2D eigenvalue weighted by atomic mass is 32.2. The summed E-state index contributed by atoms with van der Waals surface area (Å²) in [7, 11) is -7.07. The lowest BCUT2D eigenvalue weighted by Gasteiger charge is -2.11. The minimum absolute atomic E-state index is 0.0275. The molecule has 1 aliphatic heterocycles. The summed E-state index contributed by atoms with van der Waals surface area (Å²) < 4.78 is 86.0. The molecule has 1 fully saturated rings. The summed E-state index contributed by atoms with van der Waals surface area (Å²) in [5, 5.41) is 0. The van der Waals surface area contributed by atoms with Crippen LogP contribution in [-0.2, 0) is 26.0 Å². The summed E-state index contributed by atoms with van der Waals surface area (Å²) >= 11 is 0. The first-order valence-electron chi connectivity index (χ1n) is 6.37. The molecular weight excluding hydrogens is 343 g/mol. The van der Waals surface area contributed by atoms with E-state index in [9.17, 15) is 30.0 Å². The highest BCUT2D eigenvalue weighted by Gasteiger charge is 2.31. The van der Waals surface area contributed by atoms with Gasteiger partial charge in [-0.25, -0.2) is 21.6 Å². The first-order chi connectivity index (χ1) is 10.00. The van der Waals surface area contributed by atoms with Gasteiger partial charge in [0.2, 0.25) is 10.0 Å². The molecule has 1 aliphatic rings. The fraction of sp³-hybridized carbons (Fsp3) is 0.500. The SMILES string of the molecule is O=S1(=O)CCC(CNS(=O)(=O)c2ccc(C(F)(F)F)cc2)C1. The van der Waals surface area contributed by atoms with Crippen molar-refractivity contribution >= 4 is 19.9 Å². The van der Waals surface area contributed by atoms with E-state index in [4.69, 9.17) is 0 Å². The highest BCUT2D eigenvalue weighted by molar-refractivity contribution is 7.91. The van der Waals surface area contributed by atoms with Crippen molar-refractivity contribution in [1.29, 1.82) is 0 Å². The van der Waals surface area contributed by atoms with Crippen molar-refractivity contribution < 1.29 is 30.0 Å². The van der Waals surface area contributed by atoms with E-state index in [1.807, 2.05) is 0 Å². The summed E-state index contributed by atoms with van der Waals surface area (Å²) in [6.45, 7) is -0.0530. The summed E-state index contributed by atoms with van der Waals surface area (Å²) in [5.74, 6) is -0.364. The molecule has 0 aliphatic carbocycles. The number of sulfonamides is 1. The summed E-state index contributed by atoms with van der Waals surface area (Å²) in [6, 6.07) is 3.12. The molecule has 0 aromatic heterocycles. The van der Waals surface area contributed by atoms with Crippen molar-refractivity contribution in [3.05, 3.63) is 29.8 Å². The standard InChI is InChI=1S/C12H14F3NO4S2/c13-12(14,15)10-1-3-11(4-2-10)22(19,20)16-7-9-5-6-21(17,18)8-9/h1-4,9,16H,5-8H2. The third kappa shape index (κ3) is 4.20. The number of hydrogen-bond acceptors (Lipinski definition) is 4. The van der Waals surface area contributed by atoms with E-state index in [0.717, 1.165) is 12.1 Å². The number of sulfone groups is 1. The summed E-state index contributed by atoms with van der Waals surface area (Å²) in [6.07, 6.45) is -4.16. The summed E-state index contributed by atoms with van der Waals surface area (Å²) in [4.78, 5) is -0.290. The predicted octanol–water partition coefficient (Wildman–Crippen LogP) is 1.42. The van der Waals surface area contributed by atoms with Crippen LogP contribution in [0.2, 0.25) is 0 Å². The van der Waals surface area contributed by atoms with Crippen molar-refractivity contribution in [2.24, 2.45) is 5.92 Å². The van der Waals surface area contributed by atoms with Gasteiger partial charge in [0.1, 0.15) is 0 Å². The van der Waals surface area contributed by atoms with Crippen LogP contribution in [-0.4, -0.2) is 34.9 Å². The van der Waals surface area contributed by atoms with Gasteiger partial charge in [0.25, 0.3) is 0 Å². The molecule has 1 saturated heterocycles. The Morgan fingerprint density at radius 3 is 2.23 bits per heavy atom. The Bertz CT molecular complexity index is 740. The molecule has 0 radical (unpaired) electrons. The monoisotopic (exact) mass is 357 g/mol. The average Bonchev–Trinajstić information content (AvgIpc) is 2.75. The Labute approximate surface area is 126 Å². The number of benzene rings is 1. The van der Waals surface area contributed by atoms with Crippen LogP contribution in [0.15, 0.2) is 29.2 Å². The molecule has 124 valence electrons. The molecule has 1 aromatic carbocycles. The van der Waals surface area contributed by atoms with E-state index in [2.05, 4.69) is 4.72 Å². The molecule has 5 nitrogen and oxygen atoms in total. The number of hydrogen-bond donors (Lipinski definition) is 1. The van der Waals surface area contributed by atoms with Gasteiger partial charge < -0.3 is 0 Å². The van der Waals surface area contributed by atoms with Gasteiger partial charge in [-0.15, -0.1) is 0 Å². The Kier molecular flexibility index (Phi) is 4.56. The first-order valence-corrected chi connectivity index (χ1v) is 9.67. The van der Waals surface area contributed by atoms with Crippen LogP contribution in [0.3, 0.4) is 0 Å². The van der Waals surface area contributed by atoms with Crippen molar-refractivity contribution in [2.45, 2.75) is 17.5 Å². The maximum absolute atomic E-state index is 12.4. The van der Waals surface area contributed by atoms with Gasteiger partial charge in [-0.2, -0.15) is 13.2 Å². The number of alkyl halides is 3. The molecule has 1 aromatic rings. The van der Waals surface area contributed by atoms with Crippen molar-refractivity contribution in [2.75, 3.05) is 18.1 Å². The van der Waals surface area contributed by atoms with E-state index >= 15 is 0 Å². The van der Waals surface area contributed by atoms with Crippen LogP contribution in [0.4, 0.5) is 13.2 Å². The quantitative estimate of drug-likeness (QED) is 0.884. The maximum atomic E-state index is 12.4. The zero-order chi connectivity index (χ0) is 16.6. The molecule has 1 unspecified atom stereocenters. The number of nitrogens with one attached hydrogen (secondary N) is 1. The Morgan fingerprint density at radius 1 is 1.18 bits per heavy atom. The largest absolute Gasteiger partial charge is 0.416 e. The molecule has 0 amide bonds. The van der Waals surface area contributed by atoms with Crippen LogP contribution in [0.25, 0.3) is 0 Å². The van der Waals surface area contributed by atoms with Gasteiger partial charge in [-0.05, 0) is 36.6 Å². The molecular formula is C12H14F3NO4S2. The molecule has 22 heavy (non-hydrogen) atoms. The topological polar surface area (TPSA) is 80.3 Å². The second-order valence-corrected chi connectivity index (χ2v) is 9.14. The first kappa shape index (κ1) is 17.2. The van der Waals surface area contributed by atoms with Crippen LogP contribution < -0.4 is 4.72 Å². The van der Waals surface area contributed by atoms with Gasteiger partial charge >= 0.3 is 6.18 Å². The molecule has 1 heterocycles. The highest BCUT2D eigenvalue weighted by Crippen LogP contribution is 2.29. The summed E-state index contributed by atoms with van der Waals surface area (Å²) in [5.41, 5.74) is -0.937. The van der Waals surface area contributed by atoms with Crippen molar-refractivity contribution in [3.8, 4) is 0 Å². The lowest BCUT2D eigenvalue weighted by Crippen LogP contribution is -2.30. The zero-order valence-corrected chi connectivity index (χ0v) is 12.9. The lowest BCUT2D eigenvalue weighted by atomic mass is 10.1. The van der Waals surface area contributed by atoms with E-state index in [1.165, 1.54) is 0 Å². The minimum Gasteiger partial charge on any atom is -0.229 e. The predicted molar refractivity (Wildman–Crippen MR) is 73.4 cm³/mol. The number of halogens is 3. The van der Waals surface area contributed by atoms with Crippen LogP contribution in [0.5, 0.6) is 0 Å². The van der Waals surface area contributed by atoms with Crippen LogP contribution in [0, 0.1) is 5.92 Å². The molecule has 2 rings (SSSR count). The van der Waals surface area contributed by atoms with E-state index in [0.29, 0.717) is 18.6 Å². The molecule has 0 saturated carbocycles. The van der Waals surface area contributed by atoms with Gasteiger partial charge in [0.15, 0.2) is 9.84 Å². The molecule has 10 heteroatoms. The van der Waals surface area contributed by atoms with Crippen LogP contribution in [0.1, 0.15) is 12.0 Å². The van der Waals surface area contributed by atoms with E-state index < -0.39 is 31.6 Å². The van der Waals surface area contributed by atoms with Crippen molar-refractivity contribution in [1.82, 2.24) is 4.72 Å². The van der Waals surface area contributed by atoms with E-state index in [1.54, 1.807) is 0 Å². The van der Waals surface area contributed by atoms with Crippen molar-refractivity contribution in [3.63, 3.8) is 0 Å². The Hall–Kier alpha value is -1.13. The zero-order valence-electron chi connectivity index (χ0n) is 11.3. The second kappa shape index (κ2) is 5.82. The van der Waals surface area contributed by atoms with Crippen LogP contribution >= 0.6 is 0 Å². The average molecular weight is 357 g/mol. The molecule has 0 spiro atoms. The maximum Gasteiger partial charge on any atom is 0.416 e. The Balaban J connectivity index is 2.04.